The lowest BCUT2D eigenvalue weighted by Crippen LogP contribution is -1.86. The summed E-state index contributed by atoms with van der Waals surface area (Å²) in [5, 5.41) is 1.27. The largest absolute Gasteiger partial charge is 0.224 e. The lowest BCUT2D eigenvalue weighted by molar-refractivity contribution is 0.639. The lowest BCUT2D eigenvalue weighted by atomic mass is 10.2. The molecule has 0 aliphatic heterocycles. The van der Waals surface area contributed by atoms with E-state index in [2.05, 4.69) is 4.98 Å². The van der Waals surface area contributed by atoms with Crippen molar-refractivity contribution in [3.63, 3.8) is 0 Å². The molecule has 72 valence electrons. The number of pyridine rings is 1. The predicted octanol–water partition coefficient (Wildman–Crippen LogP) is 4.33. The molecule has 0 saturated carbocycles. The SMILES string of the molecule is Fc1ccc(Cl)c2cc(Cl)nc(Cl)c12. The molecule has 0 unspecified atom stereocenters. The first kappa shape index (κ1) is 9.97. The van der Waals surface area contributed by atoms with Crippen molar-refractivity contribution in [2.75, 3.05) is 0 Å². The molecule has 0 spiro atoms. The van der Waals surface area contributed by atoms with Gasteiger partial charge in [-0.1, -0.05) is 34.8 Å². The molecule has 0 fully saturated rings. The second-order valence-electron chi connectivity index (χ2n) is 2.69. The molecule has 1 aromatic carbocycles. The molecule has 5 heteroatoms. The molecule has 1 aromatic heterocycles. The molecule has 0 aliphatic carbocycles. The van der Waals surface area contributed by atoms with Gasteiger partial charge in [0.1, 0.15) is 16.1 Å². The molecular formula is C9H3Cl3FN. The first-order valence-corrected chi connectivity index (χ1v) is 4.83. The Bertz CT molecular complexity index is 513. The van der Waals surface area contributed by atoms with Crippen LogP contribution in [0.25, 0.3) is 10.8 Å². The molecule has 0 saturated heterocycles. The molecule has 0 bridgehead atoms. The summed E-state index contributed by atoms with van der Waals surface area (Å²) in [5.74, 6) is -0.460. The maximum atomic E-state index is 13.3. The van der Waals surface area contributed by atoms with Gasteiger partial charge in [0.05, 0.1) is 5.39 Å². The summed E-state index contributed by atoms with van der Waals surface area (Å²) in [6, 6.07) is 4.17. The number of fused-ring (bicyclic) bond motifs is 1. The fourth-order valence-corrected chi connectivity index (χ4v) is 1.95. The Balaban J connectivity index is 3.00. The number of nitrogens with zero attached hydrogens (tertiary/aromatic N) is 1. The Labute approximate surface area is 94.4 Å². The summed E-state index contributed by atoms with van der Waals surface area (Å²) in [6.07, 6.45) is 0. The first-order valence-electron chi connectivity index (χ1n) is 3.69. The van der Waals surface area contributed by atoms with Crippen LogP contribution in [-0.2, 0) is 0 Å². The fourth-order valence-electron chi connectivity index (χ4n) is 1.22. The second-order valence-corrected chi connectivity index (χ2v) is 3.84. The molecule has 2 rings (SSSR count). The quantitative estimate of drug-likeness (QED) is 0.634. The Morgan fingerprint density at radius 1 is 1.14 bits per heavy atom. The maximum absolute atomic E-state index is 13.3. The van der Waals surface area contributed by atoms with E-state index in [1.54, 1.807) is 0 Å². The van der Waals surface area contributed by atoms with Crippen LogP contribution in [0.1, 0.15) is 0 Å². The minimum atomic E-state index is -0.460. The van der Waals surface area contributed by atoms with Gasteiger partial charge >= 0.3 is 0 Å². The average molecular weight is 250 g/mol. The van der Waals surface area contributed by atoms with Gasteiger partial charge in [-0.15, -0.1) is 0 Å². The van der Waals surface area contributed by atoms with E-state index in [0.717, 1.165) is 0 Å². The summed E-state index contributed by atoms with van der Waals surface area (Å²) >= 11 is 17.3. The van der Waals surface area contributed by atoms with E-state index in [9.17, 15) is 4.39 Å². The lowest BCUT2D eigenvalue weighted by Gasteiger charge is -2.03. The second kappa shape index (κ2) is 3.54. The van der Waals surface area contributed by atoms with Crippen molar-refractivity contribution < 1.29 is 4.39 Å². The summed E-state index contributed by atoms with van der Waals surface area (Å²) in [7, 11) is 0. The van der Waals surface area contributed by atoms with Crippen LogP contribution in [0, 0.1) is 5.82 Å². The Hall–Kier alpha value is -0.570. The van der Waals surface area contributed by atoms with Crippen LogP contribution < -0.4 is 0 Å². The monoisotopic (exact) mass is 249 g/mol. The standard InChI is InChI=1S/C9H3Cl3FN/c10-5-1-2-6(13)8-4(5)3-7(11)14-9(8)12/h1-3H. The Kier molecular flexibility index (Phi) is 2.52. The third kappa shape index (κ3) is 1.54. The number of aromatic nitrogens is 1. The topological polar surface area (TPSA) is 12.9 Å². The Morgan fingerprint density at radius 2 is 1.86 bits per heavy atom. The zero-order valence-corrected chi connectivity index (χ0v) is 8.96. The number of halogens is 4. The van der Waals surface area contributed by atoms with Gasteiger partial charge in [-0.3, -0.25) is 0 Å². The van der Waals surface area contributed by atoms with Crippen molar-refractivity contribution in [1.82, 2.24) is 4.98 Å². The van der Waals surface area contributed by atoms with Crippen molar-refractivity contribution in [3.8, 4) is 0 Å². The van der Waals surface area contributed by atoms with Crippen molar-refractivity contribution in [3.05, 3.63) is 39.3 Å². The summed E-state index contributed by atoms with van der Waals surface area (Å²) < 4.78 is 13.3. The fraction of sp³-hybridized carbons (Fsp3) is 0. The van der Waals surface area contributed by atoms with E-state index in [4.69, 9.17) is 34.8 Å². The van der Waals surface area contributed by atoms with Crippen LogP contribution in [0.3, 0.4) is 0 Å². The number of rotatable bonds is 0. The predicted molar refractivity (Wildman–Crippen MR) is 56.7 cm³/mol. The first-order chi connectivity index (χ1) is 6.59. The average Bonchev–Trinajstić information content (AvgIpc) is 2.10. The zero-order valence-electron chi connectivity index (χ0n) is 6.69. The van der Waals surface area contributed by atoms with Gasteiger partial charge in [0, 0.05) is 10.4 Å². The smallest absolute Gasteiger partial charge is 0.141 e. The van der Waals surface area contributed by atoms with E-state index >= 15 is 0 Å². The number of benzene rings is 1. The van der Waals surface area contributed by atoms with Crippen LogP contribution in [0.4, 0.5) is 4.39 Å². The van der Waals surface area contributed by atoms with Gasteiger partial charge in [0.2, 0.25) is 0 Å². The van der Waals surface area contributed by atoms with Crippen LogP contribution in [0.5, 0.6) is 0 Å². The van der Waals surface area contributed by atoms with Gasteiger partial charge in [0.25, 0.3) is 0 Å². The van der Waals surface area contributed by atoms with Gasteiger partial charge in [-0.05, 0) is 18.2 Å². The molecule has 0 radical (unpaired) electrons. The molecule has 2 aromatic rings. The van der Waals surface area contributed by atoms with Crippen LogP contribution in [-0.4, -0.2) is 4.98 Å². The summed E-state index contributed by atoms with van der Waals surface area (Å²) in [6.45, 7) is 0. The number of hydrogen-bond acceptors (Lipinski definition) is 1. The molecule has 1 nitrogen and oxygen atoms in total. The zero-order chi connectivity index (χ0) is 10.3. The van der Waals surface area contributed by atoms with E-state index in [1.807, 2.05) is 0 Å². The van der Waals surface area contributed by atoms with Gasteiger partial charge in [0.15, 0.2) is 0 Å². The van der Waals surface area contributed by atoms with Crippen molar-refractivity contribution in [2.45, 2.75) is 0 Å². The molecule has 1 heterocycles. The van der Waals surface area contributed by atoms with E-state index in [0.29, 0.717) is 10.4 Å². The van der Waals surface area contributed by atoms with E-state index in [1.165, 1.54) is 18.2 Å². The summed E-state index contributed by atoms with van der Waals surface area (Å²) in [5.41, 5.74) is 0. The van der Waals surface area contributed by atoms with Crippen molar-refractivity contribution in [1.29, 1.82) is 0 Å². The molecule has 14 heavy (non-hydrogen) atoms. The maximum Gasteiger partial charge on any atom is 0.141 e. The molecule has 0 aliphatic rings. The van der Waals surface area contributed by atoms with Gasteiger partial charge in [-0.25, -0.2) is 9.37 Å². The molecule has 0 N–H and O–H groups in total. The van der Waals surface area contributed by atoms with Crippen LogP contribution >= 0.6 is 34.8 Å². The Morgan fingerprint density at radius 3 is 2.57 bits per heavy atom. The van der Waals surface area contributed by atoms with Gasteiger partial charge in [-0.2, -0.15) is 0 Å². The van der Waals surface area contributed by atoms with Gasteiger partial charge < -0.3 is 0 Å². The third-order valence-electron chi connectivity index (χ3n) is 1.82. The number of hydrogen-bond donors (Lipinski definition) is 0. The summed E-state index contributed by atoms with van der Waals surface area (Å²) in [4.78, 5) is 3.74. The minimum absolute atomic E-state index is 0.0208. The minimum Gasteiger partial charge on any atom is -0.224 e. The molecular weight excluding hydrogens is 247 g/mol. The molecule has 0 atom stereocenters. The highest BCUT2D eigenvalue weighted by Gasteiger charge is 2.10. The highest BCUT2D eigenvalue weighted by Crippen LogP contribution is 2.31. The molecule has 0 amide bonds. The highest BCUT2D eigenvalue weighted by molar-refractivity contribution is 6.40. The van der Waals surface area contributed by atoms with E-state index in [-0.39, 0.29) is 15.7 Å². The normalized spacial score (nSPS) is 10.9. The van der Waals surface area contributed by atoms with Crippen molar-refractivity contribution >= 4 is 45.6 Å². The van der Waals surface area contributed by atoms with Crippen LogP contribution in [0.2, 0.25) is 15.3 Å². The highest BCUT2D eigenvalue weighted by atomic mass is 35.5. The van der Waals surface area contributed by atoms with E-state index < -0.39 is 5.82 Å². The van der Waals surface area contributed by atoms with Crippen molar-refractivity contribution in [2.24, 2.45) is 0 Å². The third-order valence-corrected chi connectivity index (χ3v) is 2.61. The van der Waals surface area contributed by atoms with Crippen LogP contribution in [0.15, 0.2) is 18.2 Å².